The number of H-pyrrole nitrogens is 2. The van der Waals surface area contributed by atoms with Gasteiger partial charge in [-0.1, -0.05) is 72.8 Å². The van der Waals surface area contributed by atoms with Gasteiger partial charge in [0.25, 0.3) is 0 Å². The van der Waals surface area contributed by atoms with E-state index in [4.69, 9.17) is 9.97 Å². The van der Waals surface area contributed by atoms with Crippen LogP contribution in [0.3, 0.4) is 0 Å². The van der Waals surface area contributed by atoms with Crippen LogP contribution in [0, 0.1) is 23.3 Å². The fourth-order valence-corrected chi connectivity index (χ4v) is 5.75. The minimum atomic E-state index is -1.97. The molecule has 0 atom stereocenters. The monoisotopic (exact) mass is 586 g/mol. The van der Waals surface area contributed by atoms with E-state index in [-0.39, 0.29) is 22.9 Å². The summed E-state index contributed by atoms with van der Waals surface area (Å²) in [6.45, 7) is 0. The van der Waals surface area contributed by atoms with Gasteiger partial charge in [0.1, 0.15) is 22.6 Å². The van der Waals surface area contributed by atoms with E-state index >= 15 is 8.78 Å². The van der Waals surface area contributed by atoms with Gasteiger partial charge < -0.3 is 9.97 Å². The minimum absolute atomic E-state index is 0.102. The molecular formula is C32H14F4N8. The third kappa shape index (κ3) is 3.33. The molecule has 0 spiro atoms. The smallest absolute Gasteiger partial charge is 0.198 e. The van der Waals surface area contributed by atoms with Crippen molar-refractivity contribution in [2.24, 2.45) is 0 Å². The average molecular weight is 587 g/mol. The first-order chi connectivity index (χ1) is 21.5. The first-order valence-electron chi connectivity index (χ1n) is 13.4. The number of nitrogens with one attached hydrogen (secondary N) is 2. The van der Waals surface area contributed by atoms with Crippen LogP contribution in [0.5, 0.6) is 0 Å². The maximum absolute atomic E-state index is 15.4. The molecule has 4 aromatic carbocycles. The summed E-state index contributed by atoms with van der Waals surface area (Å²) < 4.78 is 59.9. The number of hydrogen-bond acceptors (Lipinski definition) is 6. The molecule has 2 N–H and O–H groups in total. The average Bonchev–Trinajstić information content (AvgIpc) is 3.78. The summed E-state index contributed by atoms with van der Waals surface area (Å²) in [6.07, 6.45) is 0. The Balaban J connectivity index is 1.54. The van der Waals surface area contributed by atoms with Crippen molar-refractivity contribution >= 4 is 44.1 Å². The molecule has 210 valence electrons. The number of nitrogens with zero attached hydrogens (tertiary/aromatic N) is 6. The summed E-state index contributed by atoms with van der Waals surface area (Å²) >= 11 is 0. The van der Waals surface area contributed by atoms with Crippen LogP contribution in [0.15, 0.2) is 72.8 Å². The second kappa shape index (κ2) is 8.74. The number of hydrogen-bond donors (Lipinski definition) is 2. The molecule has 0 fully saturated rings. The molecule has 0 radical (unpaired) electrons. The fourth-order valence-electron chi connectivity index (χ4n) is 5.75. The third-order valence-electron chi connectivity index (χ3n) is 7.76. The number of aromatic nitrogens is 8. The van der Waals surface area contributed by atoms with Crippen LogP contribution in [-0.4, -0.2) is 39.9 Å². The predicted molar refractivity (Wildman–Crippen MR) is 156 cm³/mol. The lowest BCUT2D eigenvalue weighted by molar-refractivity contribution is 0.418. The summed E-state index contributed by atoms with van der Waals surface area (Å²) in [5, 5.41) is 0.346. The van der Waals surface area contributed by atoms with Gasteiger partial charge in [-0.2, -0.15) is 0 Å². The van der Waals surface area contributed by atoms with Crippen LogP contribution in [0.1, 0.15) is 0 Å². The highest BCUT2D eigenvalue weighted by Crippen LogP contribution is 2.38. The Bertz CT molecular complexity index is 2400. The fraction of sp³-hybridized carbons (Fsp3) is 0. The van der Waals surface area contributed by atoms with Gasteiger partial charge in [0.05, 0.1) is 10.8 Å². The normalized spacial score (nSPS) is 12.1. The summed E-state index contributed by atoms with van der Waals surface area (Å²) in [5.41, 5.74) is 2.73. The van der Waals surface area contributed by atoms with E-state index in [2.05, 4.69) is 29.9 Å². The van der Waals surface area contributed by atoms with E-state index in [9.17, 15) is 8.78 Å². The molecule has 2 aliphatic rings. The lowest BCUT2D eigenvalue weighted by Crippen LogP contribution is -1.97. The van der Waals surface area contributed by atoms with Crippen LogP contribution in [0.2, 0.25) is 0 Å². The van der Waals surface area contributed by atoms with Gasteiger partial charge in [0, 0.05) is 33.0 Å². The van der Waals surface area contributed by atoms with E-state index in [0.29, 0.717) is 45.2 Å². The quantitative estimate of drug-likeness (QED) is 0.109. The zero-order valence-corrected chi connectivity index (χ0v) is 22.1. The molecule has 0 saturated carbocycles. The van der Waals surface area contributed by atoms with Gasteiger partial charge in [0.15, 0.2) is 46.6 Å². The number of rotatable bonds is 0. The van der Waals surface area contributed by atoms with E-state index in [1.807, 2.05) is 24.3 Å². The maximum atomic E-state index is 15.4. The van der Waals surface area contributed by atoms with Crippen molar-refractivity contribution in [2.75, 3.05) is 0 Å². The number of halogens is 4. The van der Waals surface area contributed by atoms with Gasteiger partial charge in [-0.05, 0) is 0 Å². The Morgan fingerprint density at radius 1 is 0.364 bits per heavy atom. The van der Waals surface area contributed by atoms with E-state index in [1.54, 1.807) is 48.5 Å². The molecule has 3 aromatic heterocycles. The highest BCUT2D eigenvalue weighted by Gasteiger charge is 2.27. The van der Waals surface area contributed by atoms with E-state index in [0.717, 1.165) is 10.8 Å². The molecule has 0 amide bonds. The highest BCUT2D eigenvalue weighted by atomic mass is 19.2. The first kappa shape index (κ1) is 24.5. The Morgan fingerprint density at radius 2 is 0.682 bits per heavy atom. The minimum Gasteiger partial charge on any atom is -0.324 e. The number of aromatic amines is 2. The SMILES string of the molecule is Fc1c(F)c(F)c2c3nc4nc(nc5[nH]c(nc6nc(nc([nH]3)c2c1F)-c1ccccc1-6)c1ccccc51)-c1ccccc1-4. The zero-order valence-electron chi connectivity index (χ0n) is 22.1. The van der Waals surface area contributed by atoms with Crippen molar-refractivity contribution < 1.29 is 17.6 Å². The molecule has 12 heteroatoms. The number of benzene rings is 4. The molecule has 7 aromatic rings. The van der Waals surface area contributed by atoms with Crippen LogP contribution in [-0.2, 0) is 0 Å². The van der Waals surface area contributed by atoms with Crippen molar-refractivity contribution in [1.82, 2.24) is 39.9 Å². The summed E-state index contributed by atoms with van der Waals surface area (Å²) in [4.78, 5) is 33.9. The van der Waals surface area contributed by atoms with E-state index in [1.165, 1.54) is 0 Å². The Labute approximate surface area is 243 Å². The Kier molecular flexibility index (Phi) is 4.87. The lowest BCUT2D eigenvalue weighted by atomic mass is 10.1. The molecule has 44 heavy (non-hydrogen) atoms. The second-order valence-electron chi connectivity index (χ2n) is 10.3. The van der Waals surface area contributed by atoms with Crippen LogP contribution in [0.4, 0.5) is 17.6 Å². The molecule has 0 aliphatic carbocycles. The van der Waals surface area contributed by atoms with Gasteiger partial charge in [0.2, 0.25) is 0 Å². The molecule has 0 unspecified atom stereocenters. The first-order valence-corrected chi connectivity index (χ1v) is 13.4. The maximum Gasteiger partial charge on any atom is 0.198 e. The molecule has 8 bridgehead atoms. The van der Waals surface area contributed by atoms with Crippen LogP contribution < -0.4 is 0 Å². The summed E-state index contributed by atoms with van der Waals surface area (Å²) in [6, 6.07) is 21.8. The lowest BCUT2D eigenvalue weighted by Gasteiger charge is -2.00. The van der Waals surface area contributed by atoms with Crippen molar-refractivity contribution in [3.8, 4) is 45.6 Å². The van der Waals surface area contributed by atoms with Gasteiger partial charge in [-0.3, -0.25) is 0 Å². The van der Waals surface area contributed by atoms with Gasteiger partial charge >= 0.3 is 0 Å². The number of fused-ring (bicyclic) bond motifs is 20. The van der Waals surface area contributed by atoms with Gasteiger partial charge in [-0.15, -0.1) is 0 Å². The Morgan fingerprint density at radius 3 is 1.07 bits per heavy atom. The second-order valence-corrected chi connectivity index (χ2v) is 10.3. The topological polar surface area (TPSA) is 109 Å². The van der Waals surface area contributed by atoms with Crippen LogP contribution >= 0.6 is 0 Å². The molecular weight excluding hydrogens is 572 g/mol. The highest BCUT2D eigenvalue weighted by molar-refractivity contribution is 6.06. The molecule has 2 aliphatic heterocycles. The Hall–Kier alpha value is -6.04. The van der Waals surface area contributed by atoms with Gasteiger partial charge in [-0.25, -0.2) is 47.5 Å². The third-order valence-corrected chi connectivity index (χ3v) is 7.76. The van der Waals surface area contributed by atoms with Crippen molar-refractivity contribution in [3.05, 3.63) is 96.1 Å². The van der Waals surface area contributed by atoms with Crippen molar-refractivity contribution in [3.63, 3.8) is 0 Å². The van der Waals surface area contributed by atoms with E-state index < -0.39 is 34.0 Å². The molecule has 5 heterocycles. The largest absolute Gasteiger partial charge is 0.324 e. The molecule has 9 rings (SSSR count). The molecule has 0 saturated heterocycles. The molecule has 8 nitrogen and oxygen atoms in total. The summed E-state index contributed by atoms with van der Waals surface area (Å²) in [7, 11) is 0. The standard InChI is InChI=1S/C32H14F4N8/c33-21-19-20(22(34)24(36)23(21)35)32-43-30-18-12-6-4-10-16(18)28(41-30)39-26-14-8-2-1-7-13(14)25(37-26)38-27-15-9-3-5-11-17(15)29(40-27)42-31(19)44-32/h1-12H,(H2,37,38,39,40,41,42,43,44). The van der Waals surface area contributed by atoms with Crippen molar-refractivity contribution in [2.45, 2.75) is 0 Å². The summed E-state index contributed by atoms with van der Waals surface area (Å²) in [5.74, 6) is -6.36. The van der Waals surface area contributed by atoms with Crippen LogP contribution in [0.25, 0.3) is 89.7 Å². The predicted octanol–water partition coefficient (Wildman–Crippen LogP) is 7.43. The van der Waals surface area contributed by atoms with Crippen molar-refractivity contribution in [1.29, 1.82) is 0 Å². The zero-order chi connectivity index (χ0) is 29.7.